The van der Waals surface area contributed by atoms with Crippen molar-refractivity contribution in [2.24, 2.45) is 0 Å². The van der Waals surface area contributed by atoms with Crippen LogP contribution < -0.4 is 11.4 Å². The van der Waals surface area contributed by atoms with Gasteiger partial charge in [0.2, 0.25) is 0 Å². The maximum absolute atomic E-state index is 11.8. The third-order valence-corrected chi connectivity index (χ3v) is 3.23. The van der Waals surface area contributed by atoms with Gasteiger partial charge in [0, 0.05) is 11.2 Å². The molecule has 0 unspecified atom stereocenters. The van der Waals surface area contributed by atoms with Crippen LogP contribution in [0.3, 0.4) is 0 Å². The smallest absolute Gasteiger partial charge is 0.351 e. The summed E-state index contributed by atoms with van der Waals surface area (Å²) >= 11 is 5.75. The number of anilines is 1. The van der Waals surface area contributed by atoms with Crippen molar-refractivity contribution in [2.45, 2.75) is 31.5 Å². The van der Waals surface area contributed by atoms with E-state index in [9.17, 15) is 15.0 Å². The van der Waals surface area contributed by atoms with Gasteiger partial charge in [-0.1, -0.05) is 18.2 Å². The van der Waals surface area contributed by atoms with Gasteiger partial charge in [-0.05, 0) is 6.92 Å². The average Bonchev–Trinajstić information content (AvgIpc) is 2.57. The number of rotatable bonds is 2. The molecule has 0 bridgehead atoms. The highest BCUT2D eigenvalue weighted by Gasteiger charge is 2.41. The van der Waals surface area contributed by atoms with Gasteiger partial charge >= 0.3 is 5.69 Å². The van der Waals surface area contributed by atoms with E-state index in [0.29, 0.717) is 0 Å². The molecule has 1 aromatic rings. The average molecular weight is 288 g/mol. The number of aliphatic hydroxyl groups is 2. The Balaban J connectivity index is 2.49. The number of nitrogens with zero attached hydrogens (tertiary/aromatic N) is 2. The number of halogens is 1. The van der Waals surface area contributed by atoms with E-state index in [1.807, 2.05) is 0 Å². The van der Waals surface area contributed by atoms with Crippen LogP contribution in [-0.4, -0.2) is 38.1 Å². The van der Waals surface area contributed by atoms with Crippen LogP contribution in [-0.2, 0) is 4.74 Å². The van der Waals surface area contributed by atoms with E-state index < -0.39 is 30.2 Å². The lowest BCUT2D eigenvalue weighted by Gasteiger charge is -2.18. The molecule has 8 heteroatoms. The fraction of sp³-hybridized carbons (Fsp3) is 0.455. The van der Waals surface area contributed by atoms with Gasteiger partial charge in [0.1, 0.15) is 18.0 Å². The second-order valence-electron chi connectivity index (χ2n) is 4.35. The highest BCUT2D eigenvalue weighted by Crippen LogP contribution is 2.29. The molecule has 19 heavy (non-hydrogen) atoms. The first-order valence-corrected chi connectivity index (χ1v) is 5.95. The molecule has 4 atom stereocenters. The second-order valence-corrected chi connectivity index (χ2v) is 4.80. The van der Waals surface area contributed by atoms with Gasteiger partial charge in [0.05, 0.1) is 11.7 Å². The number of hydrogen-bond acceptors (Lipinski definition) is 6. The Labute approximate surface area is 113 Å². The molecule has 1 aliphatic rings. The van der Waals surface area contributed by atoms with Crippen molar-refractivity contribution >= 4 is 22.5 Å². The Morgan fingerprint density at radius 1 is 1.58 bits per heavy atom. The zero-order valence-corrected chi connectivity index (χ0v) is 10.9. The Kier molecular flexibility index (Phi) is 3.64. The number of ether oxygens (including phenoxy) is 1. The van der Waals surface area contributed by atoms with Crippen molar-refractivity contribution in [3.05, 3.63) is 28.8 Å². The molecule has 1 fully saturated rings. The minimum absolute atomic E-state index is 0.0534. The predicted molar refractivity (Wildman–Crippen MR) is 69.4 cm³/mol. The summed E-state index contributed by atoms with van der Waals surface area (Å²) in [5.74, 6) is -0.0534. The van der Waals surface area contributed by atoms with E-state index >= 15 is 0 Å². The van der Waals surface area contributed by atoms with E-state index in [1.165, 1.54) is 6.20 Å². The fourth-order valence-corrected chi connectivity index (χ4v) is 2.08. The molecular formula is C11H14ClN3O4. The van der Waals surface area contributed by atoms with Crippen molar-refractivity contribution in [2.75, 3.05) is 5.73 Å². The second kappa shape index (κ2) is 4.93. The monoisotopic (exact) mass is 287 g/mol. The molecule has 1 saturated heterocycles. The first kappa shape index (κ1) is 14.0. The van der Waals surface area contributed by atoms with Crippen LogP contribution in [0.15, 0.2) is 17.6 Å². The molecule has 2 heterocycles. The highest BCUT2D eigenvalue weighted by atomic mass is 35.5. The number of nitrogens with two attached hydrogens (primary N) is 1. The molecule has 7 nitrogen and oxygen atoms in total. The Morgan fingerprint density at radius 2 is 2.21 bits per heavy atom. The normalized spacial score (nSPS) is 30.5. The Hall–Kier alpha value is -1.41. The van der Waals surface area contributed by atoms with Crippen molar-refractivity contribution in [1.82, 2.24) is 9.55 Å². The molecule has 2 rings (SSSR count). The minimum atomic E-state index is -1.24. The molecule has 0 radical (unpaired) electrons. The van der Waals surface area contributed by atoms with Crippen molar-refractivity contribution < 1.29 is 14.9 Å². The molecule has 1 aromatic heterocycles. The first-order chi connectivity index (χ1) is 8.82. The lowest BCUT2D eigenvalue weighted by Crippen LogP contribution is -2.35. The zero-order valence-electron chi connectivity index (χ0n) is 10.2. The summed E-state index contributed by atoms with van der Waals surface area (Å²) in [5, 5.41) is 19.6. The van der Waals surface area contributed by atoms with Crippen molar-refractivity contribution in [3.63, 3.8) is 0 Å². The van der Waals surface area contributed by atoms with Crippen molar-refractivity contribution in [3.8, 4) is 0 Å². The van der Waals surface area contributed by atoms with E-state index in [-0.39, 0.29) is 16.4 Å². The number of hydrogen-bond donors (Lipinski definition) is 3. The molecule has 0 spiro atoms. The summed E-state index contributed by atoms with van der Waals surface area (Å²) in [6.45, 7) is 5.10. The molecule has 0 aliphatic carbocycles. The third kappa shape index (κ3) is 2.37. The van der Waals surface area contributed by atoms with Gasteiger partial charge in [-0.15, -0.1) is 0 Å². The maximum Gasteiger partial charge on any atom is 0.351 e. The van der Waals surface area contributed by atoms with E-state index in [4.69, 9.17) is 22.1 Å². The molecule has 0 saturated carbocycles. The van der Waals surface area contributed by atoms with Crippen LogP contribution in [0.4, 0.5) is 5.82 Å². The van der Waals surface area contributed by atoms with Gasteiger partial charge in [-0.3, -0.25) is 4.57 Å². The van der Waals surface area contributed by atoms with E-state index in [2.05, 4.69) is 11.6 Å². The summed E-state index contributed by atoms with van der Waals surface area (Å²) in [7, 11) is 0. The summed E-state index contributed by atoms with van der Waals surface area (Å²) in [6.07, 6.45) is -2.67. The topological polar surface area (TPSA) is 111 Å². The Morgan fingerprint density at radius 3 is 2.68 bits per heavy atom. The van der Waals surface area contributed by atoms with Crippen LogP contribution in [0.2, 0.25) is 0 Å². The maximum atomic E-state index is 11.8. The van der Waals surface area contributed by atoms with Gasteiger partial charge in [0.15, 0.2) is 6.23 Å². The van der Waals surface area contributed by atoms with Crippen LogP contribution in [0.25, 0.3) is 5.03 Å². The van der Waals surface area contributed by atoms with Crippen molar-refractivity contribution in [1.29, 1.82) is 0 Å². The number of aromatic nitrogens is 2. The first-order valence-electron chi connectivity index (χ1n) is 5.58. The Bertz CT molecular complexity index is 574. The highest BCUT2D eigenvalue weighted by molar-refractivity contribution is 6.48. The van der Waals surface area contributed by atoms with Gasteiger partial charge in [-0.2, -0.15) is 4.98 Å². The molecule has 0 aromatic carbocycles. The minimum Gasteiger partial charge on any atom is -0.388 e. The van der Waals surface area contributed by atoms with Gasteiger partial charge < -0.3 is 20.7 Å². The molecule has 1 aliphatic heterocycles. The van der Waals surface area contributed by atoms with Crippen LogP contribution in [0.5, 0.6) is 0 Å². The third-order valence-electron chi connectivity index (χ3n) is 3.02. The number of nitrogen functional groups attached to an aromatic ring is 1. The van der Waals surface area contributed by atoms with Gasteiger partial charge in [0.25, 0.3) is 0 Å². The zero-order chi connectivity index (χ0) is 14.3. The lowest BCUT2D eigenvalue weighted by molar-refractivity contribution is -0.0350. The van der Waals surface area contributed by atoms with E-state index in [0.717, 1.165) is 4.57 Å². The summed E-state index contributed by atoms with van der Waals surface area (Å²) in [6, 6.07) is 0. The van der Waals surface area contributed by atoms with E-state index in [1.54, 1.807) is 6.92 Å². The molecule has 4 N–H and O–H groups in total. The SMILES string of the molecule is C=C(Cl)c1cn([C@@H]2O[C@H](C)[C@@H](O)[C@H]2O)c(=O)nc1N. The fourth-order valence-electron chi connectivity index (χ4n) is 1.93. The van der Waals surface area contributed by atoms with Gasteiger partial charge in [-0.25, -0.2) is 4.79 Å². The lowest BCUT2D eigenvalue weighted by atomic mass is 10.1. The summed E-state index contributed by atoms with van der Waals surface area (Å²) < 4.78 is 6.38. The summed E-state index contributed by atoms with van der Waals surface area (Å²) in [4.78, 5) is 15.4. The molecule has 0 amide bonds. The van der Waals surface area contributed by atoms with Crippen LogP contribution in [0.1, 0.15) is 18.7 Å². The largest absolute Gasteiger partial charge is 0.388 e. The molecule has 104 valence electrons. The van der Waals surface area contributed by atoms with Crippen LogP contribution in [0, 0.1) is 0 Å². The number of aliphatic hydroxyl groups excluding tert-OH is 2. The van der Waals surface area contributed by atoms with Crippen LogP contribution >= 0.6 is 11.6 Å². The summed E-state index contributed by atoms with van der Waals surface area (Å²) in [5.41, 5.74) is 5.12. The molecular weight excluding hydrogens is 274 g/mol. The quantitative estimate of drug-likeness (QED) is 0.687. The predicted octanol–water partition coefficient (Wildman–Crippen LogP) is -0.326. The standard InChI is InChI=1S/C11H14ClN3O4/c1-4(12)6-3-15(11(18)14-9(6)13)10-8(17)7(16)5(2)19-10/h3,5,7-8,10,16-17H,1H2,2H3,(H2,13,14,18)/t5-,7-,8-,10-/m1/s1.